The molecule has 3 aliphatic rings. The molecule has 0 spiro atoms. The van der Waals surface area contributed by atoms with Crippen LogP contribution in [0.15, 0.2) is 89.8 Å². The topological polar surface area (TPSA) is 114 Å². The number of aromatic hydroxyl groups is 1. The van der Waals surface area contributed by atoms with Crippen molar-refractivity contribution >= 4 is 16.6 Å². The predicted molar refractivity (Wildman–Crippen MR) is 198 cm³/mol. The van der Waals surface area contributed by atoms with Crippen LogP contribution in [-0.2, 0) is 24.2 Å². The number of ether oxygens (including phenoxy) is 2. The Morgan fingerprint density at radius 3 is 2.72 bits per heavy atom. The van der Waals surface area contributed by atoms with E-state index in [0.29, 0.717) is 38.2 Å². The number of benzene rings is 3. The molecule has 6 bridgehead atoms. The molecule has 0 saturated heterocycles. The Hall–Kier alpha value is -4.52. The van der Waals surface area contributed by atoms with Gasteiger partial charge in [-0.05, 0) is 98.0 Å². The summed E-state index contributed by atoms with van der Waals surface area (Å²) in [5, 5.41) is 31.1. The molecular formula is C42H48N4O4. The number of rotatable bonds is 4. The van der Waals surface area contributed by atoms with Gasteiger partial charge in [0.1, 0.15) is 18.6 Å². The Balaban J connectivity index is 1.41. The van der Waals surface area contributed by atoms with Gasteiger partial charge in [-0.15, -0.1) is 0 Å². The molecule has 7 rings (SSSR count). The van der Waals surface area contributed by atoms with Crippen LogP contribution in [-0.4, -0.2) is 53.4 Å². The Morgan fingerprint density at radius 2 is 1.88 bits per heavy atom. The summed E-state index contributed by atoms with van der Waals surface area (Å²) in [6.45, 7) is 3.38. The molecule has 3 aliphatic heterocycles. The Kier molecular flexibility index (Phi) is 10.3. The third-order valence-corrected chi connectivity index (χ3v) is 10.1. The van der Waals surface area contributed by atoms with E-state index in [1.54, 1.807) is 6.07 Å². The van der Waals surface area contributed by atoms with Gasteiger partial charge >= 0.3 is 0 Å². The van der Waals surface area contributed by atoms with E-state index in [1.807, 2.05) is 25.2 Å². The lowest BCUT2D eigenvalue weighted by atomic mass is 9.94. The van der Waals surface area contributed by atoms with Crippen molar-refractivity contribution in [2.75, 3.05) is 20.2 Å². The second-order valence-electron chi connectivity index (χ2n) is 14.0. The number of aliphatic hydroxyl groups is 1. The lowest BCUT2D eigenvalue weighted by Crippen LogP contribution is -2.46. The van der Waals surface area contributed by atoms with E-state index in [0.717, 1.165) is 70.1 Å². The van der Waals surface area contributed by atoms with Gasteiger partial charge in [-0.1, -0.05) is 61.2 Å². The molecule has 1 aromatic heterocycles. The molecule has 4 heterocycles. The quantitative estimate of drug-likeness (QED) is 0.169. The number of nitrogens with one attached hydrogen (secondary N) is 2. The van der Waals surface area contributed by atoms with E-state index in [-0.39, 0.29) is 24.4 Å². The van der Waals surface area contributed by atoms with Crippen LogP contribution in [0.1, 0.15) is 61.3 Å². The summed E-state index contributed by atoms with van der Waals surface area (Å²) in [4.78, 5) is 0. The summed E-state index contributed by atoms with van der Waals surface area (Å²) in [5.74, 6) is 8.68. The van der Waals surface area contributed by atoms with Gasteiger partial charge in [-0.3, -0.25) is 0 Å². The summed E-state index contributed by atoms with van der Waals surface area (Å²) in [7, 11) is 1.92. The highest BCUT2D eigenvalue weighted by molar-refractivity contribution is 5.88. The van der Waals surface area contributed by atoms with Gasteiger partial charge in [0.25, 0.3) is 0 Å². The van der Waals surface area contributed by atoms with Gasteiger partial charge in [-0.25, -0.2) is 0 Å². The highest BCUT2D eigenvalue weighted by Crippen LogP contribution is 2.34. The first-order valence-corrected chi connectivity index (χ1v) is 17.9. The molecule has 50 heavy (non-hydrogen) atoms. The molecule has 4 aromatic rings. The third kappa shape index (κ3) is 7.62. The van der Waals surface area contributed by atoms with Crippen LogP contribution < -0.4 is 21.1 Å². The number of hydrogen-bond acceptors (Lipinski definition) is 7. The van der Waals surface area contributed by atoms with Crippen LogP contribution in [0.2, 0.25) is 0 Å². The molecule has 8 heteroatoms. The smallest absolute Gasteiger partial charge is 0.161 e. The van der Waals surface area contributed by atoms with Gasteiger partial charge in [0.2, 0.25) is 0 Å². The molecule has 0 saturated carbocycles. The zero-order chi connectivity index (χ0) is 34.6. The van der Waals surface area contributed by atoms with Gasteiger partial charge in [0.15, 0.2) is 11.5 Å². The number of nitrogens with two attached hydrogens (primary N) is 1. The number of aliphatic hydroxyl groups excluding tert-OH is 1. The minimum absolute atomic E-state index is 0.0964. The number of hydrogen-bond donors (Lipinski definition) is 5. The number of phenols is 1. The van der Waals surface area contributed by atoms with Gasteiger partial charge in [0, 0.05) is 46.8 Å². The second-order valence-corrected chi connectivity index (χ2v) is 14.0. The number of aromatic nitrogens is 1. The summed E-state index contributed by atoms with van der Waals surface area (Å²) in [6.07, 6.45) is 8.49. The van der Waals surface area contributed by atoms with E-state index in [9.17, 15) is 10.2 Å². The highest BCUT2D eigenvalue weighted by atomic mass is 16.5. The zero-order valence-corrected chi connectivity index (χ0v) is 29.0. The maximum atomic E-state index is 11.2. The minimum Gasteiger partial charge on any atom is -0.504 e. The van der Waals surface area contributed by atoms with Gasteiger partial charge in [0.05, 0.1) is 18.8 Å². The first-order valence-electron chi connectivity index (χ1n) is 17.9. The largest absolute Gasteiger partial charge is 0.504 e. The summed E-state index contributed by atoms with van der Waals surface area (Å²) >= 11 is 0. The molecule has 0 aliphatic carbocycles. The fourth-order valence-electron chi connectivity index (χ4n) is 7.41. The SMILES string of the molecule is CNCC1=C2C#CC(C)CCCC3CC(O)CCc4ccc(O)c(c4)OCc4cc(Cc5ccccc5)cc5cn(cc45)C(=C2CO3)NC1N. The maximum Gasteiger partial charge on any atom is 0.161 e. The Labute approximate surface area is 295 Å². The number of fused-ring (bicyclic) bond motifs is 6. The Bertz CT molecular complexity index is 1970. The van der Waals surface area contributed by atoms with Crippen molar-refractivity contribution in [1.29, 1.82) is 0 Å². The van der Waals surface area contributed by atoms with E-state index < -0.39 is 12.3 Å². The molecule has 8 nitrogen and oxygen atoms in total. The number of phenolic OH excluding ortho intramolecular Hbond substituents is 1. The third-order valence-electron chi connectivity index (χ3n) is 10.1. The van der Waals surface area contributed by atoms with Crippen LogP contribution in [0, 0.1) is 17.8 Å². The molecule has 0 radical (unpaired) electrons. The van der Waals surface area contributed by atoms with E-state index in [4.69, 9.17) is 15.2 Å². The lowest BCUT2D eigenvalue weighted by Gasteiger charge is -2.32. The van der Waals surface area contributed by atoms with Crippen LogP contribution in [0.5, 0.6) is 11.5 Å². The van der Waals surface area contributed by atoms with E-state index >= 15 is 0 Å². The second kappa shape index (κ2) is 15.2. The van der Waals surface area contributed by atoms with Crippen molar-refractivity contribution < 1.29 is 19.7 Å². The van der Waals surface area contributed by atoms with Gasteiger partial charge < -0.3 is 40.6 Å². The van der Waals surface area contributed by atoms with Gasteiger partial charge in [-0.2, -0.15) is 0 Å². The van der Waals surface area contributed by atoms with Crippen molar-refractivity contribution in [3.8, 4) is 23.3 Å². The molecule has 4 unspecified atom stereocenters. The summed E-state index contributed by atoms with van der Waals surface area (Å²) in [5.41, 5.74) is 14.2. The van der Waals surface area contributed by atoms with Crippen molar-refractivity contribution in [3.63, 3.8) is 0 Å². The molecular weight excluding hydrogens is 624 g/mol. The van der Waals surface area contributed by atoms with Crippen molar-refractivity contribution in [3.05, 3.63) is 112 Å². The first-order chi connectivity index (χ1) is 24.3. The predicted octanol–water partition coefficient (Wildman–Crippen LogP) is 6.00. The molecule has 0 amide bonds. The van der Waals surface area contributed by atoms with Crippen LogP contribution in [0.3, 0.4) is 0 Å². The molecule has 3 aromatic carbocycles. The normalized spacial score (nSPS) is 23.0. The molecule has 260 valence electrons. The van der Waals surface area contributed by atoms with Crippen LogP contribution >= 0.6 is 0 Å². The maximum absolute atomic E-state index is 11.2. The standard InChI is InChI=1S/C42H48N4O4/c1-27-7-6-10-34-21-33(47)14-12-29-13-16-39(48)40(20-29)50-25-32-19-30(17-28-8-4-3-5-9-28)18-31-23-46(24-37(31)32)42-38(26-49-34)35(15-11-27)36(22-44-2)41(43)45-42/h3-5,8-9,13,16,18-20,23-24,27,33-34,41,44-45,47-48H,6-7,10,12,14,17,21-22,25-26,43H2,1-2H3. The number of likely N-dealkylation sites (N-methyl/N-ethyl adjacent to an activating group) is 1. The number of aryl methyl sites for hydroxylation is 1. The lowest BCUT2D eigenvalue weighted by molar-refractivity contribution is 0.0167. The fourth-order valence-corrected chi connectivity index (χ4v) is 7.41. The minimum atomic E-state index is -0.538. The van der Waals surface area contributed by atoms with Crippen LogP contribution in [0.4, 0.5) is 0 Å². The fraction of sp³-hybridized carbons (Fsp3) is 0.381. The molecule has 4 atom stereocenters. The monoisotopic (exact) mass is 672 g/mol. The number of dihydropyridines is 1. The summed E-state index contributed by atoms with van der Waals surface area (Å²) < 4.78 is 15.2. The summed E-state index contributed by atoms with van der Waals surface area (Å²) in [6, 6.07) is 20.4. The van der Waals surface area contributed by atoms with E-state index in [2.05, 4.69) is 82.8 Å². The van der Waals surface area contributed by atoms with Crippen molar-refractivity contribution in [1.82, 2.24) is 15.2 Å². The molecule has 0 fully saturated rings. The van der Waals surface area contributed by atoms with Crippen LogP contribution in [0.25, 0.3) is 16.6 Å². The molecule has 6 N–H and O–H groups in total. The first kappa shape index (κ1) is 34.0. The Morgan fingerprint density at radius 1 is 1.02 bits per heavy atom. The number of nitrogens with zero attached hydrogens (tertiary/aromatic N) is 1. The van der Waals surface area contributed by atoms with Crippen molar-refractivity contribution in [2.45, 2.75) is 76.9 Å². The highest BCUT2D eigenvalue weighted by Gasteiger charge is 2.29. The van der Waals surface area contributed by atoms with E-state index in [1.165, 1.54) is 11.1 Å². The van der Waals surface area contributed by atoms with Crippen molar-refractivity contribution in [2.24, 2.45) is 11.7 Å². The average molecular weight is 673 g/mol. The average Bonchev–Trinajstić information content (AvgIpc) is 3.53. The zero-order valence-electron chi connectivity index (χ0n) is 29.0.